The second-order valence-electron chi connectivity index (χ2n) is 9.88. The lowest BCUT2D eigenvalue weighted by atomic mass is 9.72. The van der Waals surface area contributed by atoms with Crippen molar-refractivity contribution < 1.29 is 18.6 Å². The molecule has 5 rings (SSSR count). The molecule has 3 fully saturated rings. The highest BCUT2D eigenvalue weighted by atomic mass is 32.2. The van der Waals surface area contributed by atoms with Crippen molar-refractivity contribution in [1.29, 1.82) is 10.7 Å². The Balaban J connectivity index is 0.00000320. The second kappa shape index (κ2) is 8.98. The molecule has 1 aromatic heterocycles. The maximum absolute atomic E-state index is 13.3. The summed E-state index contributed by atoms with van der Waals surface area (Å²) in [5.41, 5.74) is 0.382. The quantitative estimate of drug-likeness (QED) is 0.435. The highest BCUT2D eigenvalue weighted by Crippen LogP contribution is 2.43. The molecule has 36 heavy (non-hydrogen) atoms. The first-order chi connectivity index (χ1) is 17.1. The highest BCUT2D eigenvalue weighted by Gasteiger charge is 2.47. The molecule has 0 atom stereocenters. The molecule has 3 aliphatic rings. The molecule has 10 nitrogen and oxygen atoms in total. The van der Waals surface area contributed by atoms with Crippen molar-refractivity contribution in [2.24, 2.45) is 5.41 Å². The minimum absolute atomic E-state index is 0. The van der Waals surface area contributed by atoms with Gasteiger partial charge in [-0.2, -0.15) is 9.98 Å². The summed E-state index contributed by atoms with van der Waals surface area (Å²) in [7, 11) is -1.99. The van der Waals surface area contributed by atoms with Crippen molar-refractivity contribution in [3.8, 4) is 6.07 Å². The van der Waals surface area contributed by atoms with Gasteiger partial charge in [0.1, 0.15) is 5.54 Å². The smallest absolute Gasteiger partial charge is 0.291 e. The Hall–Kier alpha value is -2.73. The molecule has 0 unspecified atom stereocenters. The van der Waals surface area contributed by atoms with Crippen molar-refractivity contribution in [3.63, 3.8) is 0 Å². The SMILES string of the molecule is CN1CC2(CCN(c3cc(S(=O)(=O)NC4(C#N)CC4)cc(Nc4nnc(C(F)F)s4)c3C=N)CC2)C1.[HH]. The lowest BCUT2D eigenvalue weighted by Gasteiger charge is -2.53. The zero-order chi connectivity index (χ0) is 25.7. The van der Waals surface area contributed by atoms with Gasteiger partial charge in [-0.25, -0.2) is 17.2 Å². The molecule has 1 aromatic carbocycles. The summed E-state index contributed by atoms with van der Waals surface area (Å²) < 4.78 is 55.1. The van der Waals surface area contributed by atoms with Crippen molar-refractivity contribution in [1.82, 2.24) is 19.8 Å². The van der Waals surface area contributed by atoms with Crippen LogP contribution in [0.3, 0.4) is 0 Å². The van der Waals surface area contributed by atoms with Crippen LogP contribution in [-0.4, -0.2) is 68.5 Å². The summed E-state index contributed by atoms with van der Waals surface area (Å²) in [6.45, 7) is 3.45. The summed E-state index contributed by atoms with van der Waals surface area (Å²) in [4.78, 5) is 4.27. The first-order valence-electron chi connectivity index (χ1n) is 11.5. The molecule has 14 heteroatoms. The molecular weight excluding hydrogens is 510 g/mol. The fourth-order valence-corrected chi connectivity index (χ4v) is 7.12. The number of aromatic nitrogens is 2. The number of benzene rings is 1. The predicted octanol–water partition coefficient (Wildman–Crippen LogP) is 3.33. The topological polar surface area (TPSA) is 138 Å². The number of hydrogen-bond acceptors (Lipinski definition) is 10. The Bertz CT molecular complexity index is 1330. The number of sulfonamides is 1. The largest absolute Gasteiger partial charge is 0.371 e. The molecule has 0 amide bonds. The van der Waals surface area contributed by atoms with Gasteiger partial charge < -0.3 is 20.5 Å². The van der Waals surface area contributed by atoms with Crippen molar-refractivity contribution in [2.45, 2.75) is 42.5 Å². The van der Waals surface area contributed by atoms with E-state index in [1.54, 1.807) is 0 Å². The molecular formula is C22H28F2N8O2S2. The van der Waals surface area contributed by atoms with Crippen molar-refractivity contribution in [3.05, 3.63) is 22.7 Å². The second-order valence-corrected chi connectivity index (χ2v) is 12.6. The van der Waals surface area contributed by atoms with E-state index in [1.807, 2.05) is 6.07 Å². The average molecular weight is 539 g/mol. The Morgan fingerprint density at radius 2 is 1.94 bits per heavy atom. The van der Waals surface area contributed by atoms with Gasteiger partial charge >= 0.3 is 0 Å². The number of nitrogens with one attached hydrogen (secondary N) is 3. The Morgan fingerprint density at radius 3 is 2.47 bits per heavy atom. The van der Waals surface area contributed by atoms with Crippen LogP contribution in [0.5, 0.6) is 0 Å². The van der Waals surface area contributed by atoms with Gasteiger partial charge in [-0.3, -0.25) is 0 Å². The number of anilines is 3. The number of halogens is 2. The highest BCUT2D eigenvalue weighted by molar-refractivity contribution is 7.89. The van der Waals surface area contributed by atoms with E-state index < -0.39 is 27.0 Å². The summed E-state index contributed by atoms with van der Waals surface area (Å²) in [6, 6.07) is 4.90. The maximum Gasteiger partial charge on any atom is 0.291 e. The zero-order valence-corrected chi connectivity index (χ0v) is 21.2. The number of piperidine rings is 1. The lowest BCUT2D eigenvalue weighted by molar-refractivity contribution is 0.00131. The molecule has 1 aliphatic carbocycles. The summed E-state index contributed by atoms with van der Waals surface area (Å²) >= 11 is 0.659. The van der Waals surface area contributed by atoms with Crippen LogP contribution in [0.2, 0.25) is 0 Å². The van der Waals surface area contributed by atoms with Crippen LogP contribution in [0.15, 0.2) is 17.0 Å². The first-order valence-corrected chi connectivity index (χ1v) is 13.8. The molecule has 2 aromatic rings. The number of nitriles is 1. The zero-order valence-electron chi connectivity index (χ0n) is 19.6. The minimum Gasteiger partial charge on any atom is -0.371 e. The van der Waals surface area contributed by atoms with Gasteiger partial charge in [0.15, 0.2) is 5.01 Å². The van der Waals surface area contributed by atoms with Crippen LogP contribution in [0.25, 0.3) is 0 Å². The molecule has 0 radical (unpaired) electrons. The molecule has 0 bridgehead atoms. The molecule has 3 N–H and O–H groups in total. The van der Waals surface area contributed by atoms with Crippen molar-refractivity contribution >= 4 is 44.1 Å². The molecule has 1 spiro atoms. The maximum atomic E-state index is 13.3. The summed E-state index contributed by atoms with van der Waals surface area (Å²) in [5, 5.41) is 27.2. The molecule has 3 heterocycles. The van der Waals surface area contributed by atoms with E-state index in [4.69, 9.17) is 5.41 Å². The molecule has 1 saturated carbocycles. The number of likely N-dealkylation sites (tertiary alicyclic amines) is 1. The molecule has 2 aliphatic heterocycles. The normalized spacial score (nSPS) is 20.7. The third-order valence-corrected chi connectivity index (χ3v) is 9.49. The van der Waals surface area contributed by atoms with Crippen LogP contribution in [0.1, 0.15) is 44.1 Å². The lowest BCUT2D eigenvalue weighted by Crippen LogP contribution is -2.58. The van der Waals surface area contributed by atoms with E-state index >= 15 is 0 Å². The Labute approximate surface area is 213 Å². The Kier molecular flexibility index (Phi) is 6.22. The summed E-state index contributed by atoms with van der Waals surface area (Å²) in [5.74, 6) is 0. The minimum atomic E-state index is -4.07. The number of nitrogens with zero attached hydrogens (tertiary/aromatic N) is 5. The van der Waals surface area contributed by atoms with Gasteiger partial charge in [0.25, 0.3) is 6.43 Å². The average Bonchev–Trinajstić information content (AvgIpc) is 3.42. The van der Waals surface area contributed by atoms with Gasteiger partial charge in [0, 0.05) is 45.1 Å². The van der Waals surface area contributed by atoms with E-state index in [0.717, 1.165) is 32.1 Å². The van der Waals surface area contributed by atoms with Gasteiger partial charge in [0.05, 0.1) is 16.7 Å². The molecule has 194 valence electrons. The van der Waals surface area contributed by atoms with E-state index in [-0.39, 0.29) is 22.6 Å². The van der Waals surface area contributed by atoms with E-state index in [1.165, 1.54) is 12.1 Å². The third-order valence-electron chi connectivity index (χ3n) is 7.12. The van der Waals surface area contributed by atoms with Crippen LogP contribution >= 0.6 is 11.3 Å². The molecule has 2 saturated heterocycles. The first kappa shape index (κ1) is 24.9. The number of alkyl halides is 2. The van der Waals surface area contributed by atoms with Gasteiger partial charge in [0.2, 0.25) is 15.2 Å². The predicted molar refractivity (Wildman–Crippen MR) is 134 cm³/mol. The standard InChI is InChI=1S/C22H26F2N8O2S2.H2/c1-31-12-21(13-31)4-6-32(7-5-21)17-9-14(36(33,34)30-22(11-26)2-3-22)8-16(15(17)10-25)27-20-29-28-19(35-20)18(23)24;/h8-10,18,25,30H,2-7,12-13H2,1H3,(H,27,29);1H. The van der Waals surface area contributed by atoms with Crippen LogP contribution in [0, 0.1) is 22.2 Å². The third kappa shape index (κ3) is 4.68. The van der Waals surface area contributed by atoms with E-state index in [9.17, 15) is 22.5 Å². The number of hydrogen-bond donors (Lipinski definition) is 3. The fraction of sp³-hybridized carbons (Fsp3) is 0.545. The van der Waals surface area contributed by atoms with E-state index in [2.05, 4.69) is 37.1 Å². The van der Waals surface area contributed by atoms with Gasteiger partial charge in [-0.15, -0.1) is 10.2 Å². The van der Waals surface area contributed by atoms with Crippen LogP contribution < -0.4 is 14.9 Å². The van der Waals surface area contributed by atoms with Gasteiger partial charge in [-0.1, -0.05) is 11.3 Å². The van der Waals surface area contributed by atoms with E-state index in [0.29, 0.717) is 48.5 Å². The van der Waals surface area contributed by atoms with Crippen LogP contribution in [-0.2, 0) is 10.0 Å². The summed E-state index contributed by atoms with van der Waals surface area (Å²) in [6.07, 6.45) is 1.09. The Morgan fingerprint density at radius 1 is 1.25 bits per heavy atom. The number of rotatable bonds is 8. The van der Waals surface area contributed by atoms with Crippen molar-refractivity contribution in [2.75, 3.05) is 43.4 Å². The van der Waals surface area contributed by atoms with Gasteiger partial charge in [-0.05, 0) is 50.3 Å². The van der Waals surface area contributed by atoms with Crippen LogP contribution in [0.4, 0.5) is 25.3 Å². The fourth-order valence-electron chi connectivity index (χ4n) is 5.09. The monoisotopic (exact) mass is 538 g/mol.